The van der Waals surface area contributed by atoms with Crippen LogP contribution in [0.3, 0.4) is 0 Å². The number of ether oxygens (including phenoxy) is 2. The van der Waals surface area contributed by atoms with Crippen molar-refractivity contribution in [3.8, 4) is 11.5 Å². The van der Waals surface area contributed by atoms with Gasteiger partial charge < -0.3 is 9.47 Å². The number of amides is 1. The van der Waals surface area contributed by atoms with Gasteiger partial charge >= 0.3 is 0 Å². The topological polar surface area (TPSA) is 59.9 Å². The zero-order chi connectivity index (χ0) is 19.1. The van der Waals surface area contributed by atoms with Crippen LogP contribution in [0.1, 0.15) is 36.5 Å². The second-order valence-corrected chi connectivity index (χ2v) is 7.00. The largest absolute Gasteiger partial charge is 0.496 e. The summed E-state index contributed by atoms with van der Waals surface area (Å²) in [6.07, 6.45) is 1.56. The number of methoxy groups -OCH3 is 1. The van der Waals surface area contributed by atoms with Crippen molar-refractivity contribution in [3.63, 3.8) is 0 Å². The van der Waals surface area contributed by atoms with E-state index in [1.54, 1.807) is 13.3 Å². The van der Waals surface area contributed by atoms with Crippen LogP contribution >= 0.6 is 15.9 Å². The van der Waals surface area contributed by atoms with Crippen molar-refractivity contribution in [2.45, 2.75) is 26.7 Å². The Hall–Kier alpha value is -2.34. The molecular weight excluding hydrogens is 396 g/mol. The van der Waals surface area contributed by atoms with Gasteiger partial charge in [-0.2, -0.15) is 5.10 Å². The van der Waals surface area contributed by atoms with Gasteiger partial charge in [-0.15, -0.1) is 0 Å². The summed E-state index contributed by atoms with van der Waals surface area (Å²) in [5.74, 6) is 1.54. The fraction of sp³-hybridized carbons (Fsp3) is 0.300. The molecule has 2 aromatic rings. The molecule has 1 N–H and O–H groups in total. The van der Waals surface area contributed by atoms with Crippen LogP contribution in [0.5, 0.6) is 11.5 Å². The van der Waals surface area contributed by atoms with Gasteiger partial charge in [-0.3, -0.25) is 4.79 Å². The summed E-state index contributed by atoms with van der Waals surface area (Å²) in [6, 6.07) is 11.4. The highest BCUT2D eigenvalue weighted by Gasteiger charge is 2.06. The Bertz CT molecular complexity index is 804. The summed E-state index contributed by atoms with van der Waals surface area (Å²) in [5.41, 5.74) is 5.71. The summed E-state index contributed by atoms with van der Waals surface area (Å²) >= 11 is 3.40. The minimum absolute atomic E-state index is 0.0931. The van der Waals surface area contributed by atoms with Crippen LogP contribution in [0.4, 0.5) is 0 Å². The summed E-state index contributed by atoms with van der Waals surface area (Å²) in [5, 5.41) is 3.94. The van der Waals surface area contributed by atoms with Crippen LogP contribution < -0.4 is 14.9 Å². The molecule has 0 aliphatic rings. The van der Waals surface area contributed by atoms with Gasteiger partial charge in [0.2, 0.25) is 0 Å². The molecule has 26 heavy (non-hydrogen) atoms. The van der Waals surface area contributed by atoms with Crippen molar-refractivity contribution in [1.82, 2.24) is 5.43 Å². The lowest BCUT2D eigenvalue weighted by atomic mass is 9.98. The third-order valence-electron chi connectivity index (χ3n) is 3.81. The van der Waals surface area contributed by atoms with E-state index in [-0.39, 0.29) is 12.5 Å². The van der Waals surface area contributed by atoms with Gasteiger partial charge in [0.1, 0.15) is 11.5 Å². The lowest BCUT2D eigenvalue weighted by Crippen LogP contribution is -2.24. The number of halogens is 1. The lowest BCUT2D eigenvalue weighted by Gasteiger charge is -2.12. The van der Waals surface area contributed by atoms with Crippen molar-refractivity contribution in [3.05, 3.63) is 57.6 Å². The number of hydrogen-bond acceptors (Lipinski definition) is 4. The summed E-state index contributed by atoms with van der Waals surface area (Å²) in [7, 11) is 1.60. The Labute approximate surface area is 162 Å². The zero-order valence-electron chi connectivity index (χ0n) is 15.4. The third kappa shape index (κ3) is 5.59. The van der Waals surface area contributed by atoms with Gasteiger partial charge in [-0.05, 0) is 75.8 Å². The van der Waals surface area contributed by atoms with Gasteiger partial charge in [-0.25, -0.2) is 5.43 Å². The van der Waals surface area contributed by atoms with E-state index >= 15 is 0 Å². The normalized spacial score (nSPS) is 11.0. The molecule has 0 saturated heterocycles. The van der Waals surface area contributed by atoms with Gasteiger partial charge in [0, 0.05) is 0 Å². The van der Waals surface area contributed by atoms with E-state index in [1.807, 2.05) is 43.3 Å². The molecule has 0 heterocycles. The van der Waals surface area contributed by atoms with Crippen molar-refractivity contribution in [2.75, 3.05) is 13.7 Å². The Morgan fingerprint density at radius 3 is 2.65 bits per heavy atom. The zero-order valence-corrected chi connectivity index (χ0v) is 17.0. The molecule has 0 radical (unpaired) electrons. The molecule has 5 nitrogen and oxygen atoms in total. The Morgan fingerprint density at radius 2 is 2.04 bits per heavy atom. The second kappa shape index (κ2) is 9.38. The molecule has 138 valence electrons. The third-order valence-corrected chi connectivity index (χ3v) is 4.43. The summed E-state index contributed by atoms with van der Waals surface area (Å²) < 4.78 is 11.5. The van der Waals surface area contributed by atoms with Crippen molar-refractivity contribution >= 4 is 28.1 Å². The first-order chi connectivity index (χ1) is 12.4. The number of rotatable bonds is 7. The average Bonchev–Trinajstić information content (AvgIpc) is 2.60. The average molecular weight is 419 g/mol. The number of aryl methyl sites for hydroxylation is 1. The molecule has 0 atom stereocenters. The van der Waals surface area contributed by atoms with E-state index in [0.717, 1.165) is 21.3 Å². The number of nitrogens with zero attached hydrogens (tertiary/aromatic N) is 1. The second-order valence-electron chi connectivity index (χ2n) is 6.15. The molecule has 2 rings (SSSR count). The molecule has 0 bridgehead atoms. The maximum Gasteiger partial charge on any atom is 0.277 e. The highest BCUT2D eigenvalue weighted by atomic mass is 79.9. The molecular formula is C20H23BrN2O3. The van der Waals surface area contributed by atoms with Crippen LogP contribution in [0, 0.1) is 6.92 Å². The molecule has 2 aromatic carbocycles. The quantitative estimate of drug-likeness (QED) is 0.534. The predicted octanol–water partition coefficient (Wildman–Crippen LogP) is 4.42. The van der Waals surface area contributed by atoms with E-state index in [0.29, 0.717) is 11.7 Å². The molecule has 0 fully saturated rings. The van der Waals surface area contributed by atoms with Crippen LogP contribution in [-0.2, 0) is 4.79 Å². The Kier molecular flexibility index (Phi) is 7.21. The van der Waals surface area contributed by atoms with Crippen LogP contribution in [-0.4, -0.2) is 25.8 Å². The molecule has 0 saturated carbocycles. The SMILES string of the molecule is COc1ccc(/C=N/NC(=O)COc2ccc(C(C)C)c(C)c2)cc1Br. The van der Waals surface area contributed by atoms with Gasteiger partial charge in [0.15, 0.2) is 6.61 Å². The molecule has 0 spiro atoms. The number of carbonyl (C=O) groups excluding carboxylic acids is 1. The minimum Gasteiger partial charge on any atom is -0.496 e. The fourth-order valence-electron chi connectivity index (χ4n) is 2.51. The first kappa shape index (κ1) is 20.0. The predicted molar refractivity (Wildman–Crippen MR) is 107 cm³/mol. The van der Waals surface area contributed by atoms with Gasteiger partial charge in [-0.1, -0.05) is 19.9 Å². The van der Waals surface area contributed by atoms with Crippen LogP contribution in [0.15, 0.2) is 46.0 Å². The highest BCUT2D eigenvalue weighted by molar-refractivity contribution is 9.10. The molecule has 1 amide bonds. The lowest BCUT2D eigenvalue weighted by molar-refractivity contribution is -0.123. The number of nitrogens with one attached hydrogen (secondary N) is 1. The first-order valence-corrected chi connectivity index (χ1v) is 9.08. The maximum atomic E-state index is 11.9. The fourth-order valence-corrected chi connectivity index (χ4v) is 3.07. The standard InChI is InChI=1S/C20H23BrN2O3/c1-13(2)17-7-6-16(9-14(17)3)26-12-20(24)23-22-11-15-5-8-19(25-4)18(21)10-15/h5-11,13H,12H2,1-4H3,(H,23,24)/b22-11+. The van der Waals surface area contributed by atoms with Gasteiger partial charge in [0.05, 0.1) is 17.8 Å². The number of hydrazone groups is 1. The Morgan fingerprint density at radius 1 is 1.27 bits per heavy atom. The van der Waals surface area contributed by atoms with E-state index in [1.165, 1.54) is 5.56 Å². The molecule has 0 aromatic heterocycles. The van der Waals surface area contributed by atoms with E-state index in [9.17, 15) is 4.79 Å². The Balaban J connectivity index is 1.85. The number of hydrogen-bond donors (Lipinski definition) is 1. The van der Waals surface area contributed by atoms with Crippen molar-refractivity contribution in [1.29, 1.82) is 0 Å². The minimum atomic E-state index is -0.320. The van der Waals surface area contributed by atoms with E-state index in [4.69, 9.17) is 9.47 Å². The maximum absolute atomic E-state index is 11.9. The van der Waals surface area contributed by atoms with Gasteiger partial charge in [0.25, 0.3) is 5.91 Å². The molecule has 6 heteroatoms. The van der Waals surface area contributed by atoms with E-state index in [2.05, 4.69) is 40.3 Å². The highest BCUT2D eigenvalue weighted by Crippen LogP contribution is 2.25. The summed E-state index contributed by atoms with van der Waals surface area (Å²) in [6.45, 7) is 6.25. The summed E-state index contributed by atoms with van der Waals surface area (Å²) in [4.78, 5) is 11.9. The van der Waals surface area contributed by atoms with Crippen LogP contribution in [0.2, 0.25) is 0 Å². The van der Waals surface area contributed by atoms with Crippen molar-refractivity contribution < 1.29 is 14.3 Å². The van der Waals surface area contributed by atoms with E-state index < -0.39 is 0 Å². The smallest absolute Gasteiger partial charge is 0.277 e. The van der Waals surface area contributed by atoms with Crippen LogP contribution in [0.25, 0.3) is 0 Å². The van der Waals surface area contributed by atoms with Crippen molar-refractivity contribution in [2.24, 2.45) is 5.10 Å². The monoisotopic (exact) mass is 418 g/mol. The first-order valence-electron chi connectivity index (χ1n) is 8.29. The molecule has 0 aliphatic heterocycles. The molecule has 0 unspecified atom stereocenters. The number of carbonyl (C=O) groups is 1. The molecule has 0 aliphatic carbocycles. The number of benzene rings is 2.